The largest absolute Gasteiger partial charge is 0.494 e. The fourth-order valence-corrected chi connectivity index (χ4v) is 2.54. The molecule has 20 heavy (non-hydrogen) atoms. The maximum Gasteiger partial charge on any atom is 0.413 e. The number of methoxy groups -OCH3 is 1. The summed E-state index contributed by atoms with van der Waals surface area (Å²) >= 11 is 1.31. The topological polar surface area (TPSA) is 86.5 Å². The molecule has 108 valence electrons. The fraction of sp³-hybridized carbons (Fsp3) is 0.385. The number of aromatic nitrogens is 1. The molecule has 6 nitrogen and oxygen atoms in total. The number of thiazole rings is 1. The van der Waals surface area contributed by atoms with Crippen LogP contribution < -0.4 is 15.8 Å². The zero-order valence-electron chi connectivity index (χ0n) is 11.8. The third-order valence-corrected chi connectivity index (χ3v) is 3.23. The normalized spacial score (nSPS) is 11.4. The highest BCUT2D eigenvalue weighted by molar-refractivity contribution is 7.22. The minimum Gasteiger partial charge on any atom is -0.494 e. The number of carbonyl (C=O) groups excluding carboxylic acids is 1. The average Bonchev–Trinajstić information content (AvgIpc) is 2.66. The van der Waals surface area contributed by atoms with Crippen LogP contribution in [0.1, 0.15) is 20.8 Å². The van der Waals surface area contributed by atoms with E-state index in [9.17, 15) is 4.79 Å². The molecule has 1 heterocycles. The SMILES string of the molecule is COc1cc(N)cc2sc(NC(=O)OC(C)(C)C)nc12. The summed E-state index contributed by atoms with van der Waals surface area (Å²) in [5, 5.41) is 3.05. The number of nitrogens with two attached hydrogens (primary N) is 1. The van der Waals surface area contributed by atoms with Crippen molar-refractivity contribution in [2.24, 2.45) is 0 Å². The van der Waals surface area contributed by atoms with Gasteiger partial charge in [0, 0.05) is 11.8 Å². The second-order valence-electron chi connectivity index (χ2n) is 5.22. The summed E-state index contributed by atoms with van der Waals surface area (Å²) in [4.78, 5) is 16.0. The molecule has 1 aromatic heterocycles. The Morgan fingerprint density at radius 2 is 2.10 bits per heavy atom. The zero-order valence-corrected chi connectivity index (χ0v) is 12.6. The van der Waals surface area contributed by atoms with Crippen LogP contribution in [0.5, 0.6) is 5.75 Å². The summed E-state index contributed by atoms with van der Waals surface area (Å²) in [5.41, 5.74) is 6.48. The summed E-state index contributed by atoms with van der Waals surface area (Å²) in [6.45, 7) is 5.40. The number of rotatable bonds is 2. The maximum atomic E-state index is 11.7. The molecule has 1 amide bonds. The van der Waals surface area contributed by atoms with E-state index in [0.29, 0.717) is 22.1 Å². The van der Waals surface area contributed by atoms with Gasteiger partial charge in [-0.05, 0) is 26.8 Å². The summed E-state index contributed by atoms with van der Waals surface area (Å²) in [6, 6.07) is 3.48. The van der Waals surface area contributed by atoms with Crippen LogP contribution in [0, 0.1) is 0 Å². The van der Waals surface area contributed by atoms with E-state index < -0.39 is 11.7 Å². The Labute approximate surface area is 120 Å². The first-order chi connectivity index (χ1) is 9.28. The van der Waals surface area contributed by atoms with Gasteiger partial charge in [-0.15, -0.1) is 0 Å². The summed E-state index contributed by atoms with van der Waals surface area (Å²) in [5.74, 6) is 0.577. The standard InChI is InChI=1S/C13H17N3O3S/c1-13(2,3)19-12(17)16-11-15-10-8(18-4)5-7(14)6-9(10)20-11/h5-6H,14H2,1-4H3,(H,15,16,17). The van der Waals surface area contributed by atoms with Crippen LogP contribution in [0.25, 0.3) is 10.2 Å². The lowest BCUT2D eigenvalue weighted by molar-refractivity contribution is 0.0636. The van der Waals surface area contributed by atoms with E-state index in [0.717, 1.165) is 4.70 Å². The van der Waals surface area contributed by atoms with Crippen LogP contribution >= 0.6 is 11.3 Å². The summed E-state index contributed by atoms with van der Waals surface area (Å²) < 4.78 is 11.2. The number of nitrogen functional groups attached to an aromatic ring is 1. The maximum absolute atomic E-state index is 11.7. The highest BCUT2D eigenvalue weighted by Crippen LogP contribution is 2.34. The molecular weight excluding hydrogens is 278 g/mol. The van der Waals surface area contributed by atoms with Crippen molar-refractivity contribution in [3.8, 4) is 5.75 Å². The van der Waals surface area contributed by atoms with Gasteiger partial charge in [-0.3, -0.25) is 5.32 Å². The van der Waals surface area contributed by atoms with E-state index in [4.69, 9.17) is 15.2 Å². The van der Waals surface area contributed by atoms with Gasteiger partial charge in [0.2, 0.25) is 0 Å². The van der Waals surface area contributed by atoms with Gasteiger partial charge in [0.25, 0.3) is 0 Å². The van der Waals surface area contributed by atoms with Crippen molar-refractivity contribution in [2.75, 3.05) is 18.2 Å². The molecule has 0 aliphatic rings. The van der Waals surface area contributed by atoms with Crippen molar-refractivity contribution in [2.45, 2.75) is 26.4 Å². The van der Waals surface area contributed by atoms with Gasteiger partial charge in [-0.1, -0.05) is 11.3 Å². The Morgan fingerprint density at radius 1 is 1.40 bits per heavy atom. The zero-order chi connectivity index (χ0) is 14.9. The Kier molecular flexibility index (Phi) is 3.71. The molecule has 1 aromatic carbocycles. The quantitative estimate of drug-likeness (QED) is 0.831. The highest BCUT2D eigenvalue weighted by atomic mass is 32.1. The molecule has 7 heteroatoms. The minimum absolute atomic E-state index is 0.443. The molecule has 2 rings (SSSR count). The van der Waals surface area contributed by atoms with Gasteiger partial charge >= 0.3 is 6.09 Å². The predicted octanol–water partition coefficient (Wildman–Crippen LogP) is 3.23. The lowest BCUT2D eigenvalue weighted by Crippen LogP contribution is -2.27. The number of fused-ring (bicyclic) bond motifs is 1. The molecule has 0 aliphatic heterocycles. The van der Waals surface area contributed by atoms with E-state index >= 15 is 0 Å². The second kappa shape index (κ2) is 5.16. The Morgan fingerprint density at radius 3 is 2.70 bits per heavy atom. The summed E-state index contributed by atoms with van der Waals surface area (Å²) in [6.07, 6.45) is -0.538. The van der Waals surface area contributed by atoms with Crippen molar-refractivity contribution in [3.05, 3.63) is 12.1 Å². The second-order valence-corrected chi connectivity index (χ2v) is 6.25. The first kappa shape index (κ1) is 14.4. The highest BCUT2D eigenvalue weighted by Gasteiger charge is 2.18. The number of carbonyl (C=O) groups is 1. The van der Waals surface area contributed by atoms with Crippen LogP contribution in [0.15, 0.2) is 12.1 Å². The first-order valence-corrected chi connectivity index (χ1v) is 6.84. The predicted molar refractivity (Wildman–Crippen MR) is 80.4 cm³/mol. The molecule has 0 saturated heterocycles. The van der Waals surface area contributed by atoms with Gasteiger partial charge in [0.15, 0.2) is 5.13 Å². The number of benzene rings is 1. The van der Waals surface area contributed by atoms with Crippen molar-refractivity contribution >= 4 is 38.5 Å². The summed E-state index contributed by atoms with van der Waals surface area (Å²) in [7, 11) is 1.55. The van der Waals surface area contributed by atoms with E-state index in [-0.39, 0.29) is 0 Å². The molecule has 0 spiro atoms. The van der Waals surface area contributed by atoms with Crippen LogP contribution in [-0.4, -0.2) is 23.8 Å². The van der Waals surface area contributed by atoms with E-state index in [1.807, 2.05) is 0 Å². The van der Waals surface area contributed by atoms with Crippen LogP contribution in [-0.2, 0) is 4.74 Å². The molecular formula is C13H17N3O3S. The van der Waals surface area contributed by atoms with Gasteiger partial charge in [-0.2, -0.15) is 0 Å². The number of hydrogen-bond acceptors (Lipinski definition) is 6. The Hall–Kier alpha value is -2.02. The minimum atomic E-state index is -0.553. The third kappa shape index (κ3) is 3.30. The van der Waals surface area contributed by atoms with Gasteiger partial charge < -0.3 is 15.2 Å². The van der Waals surface area contributed by atoms with E-state index in [1.165, 1.54) is 11.3 Å². The van der Waals surface area contributed by atoms with Crippen molar-refractivity contribution in [1.29, 1.82) is 0 Å². The number of amides is 1. The first-order valence-electron chi connectivity index (χ1n) is 6.02. The number of hydrogen-bond donors (Lipinski definition) is 2. The van der Waals surface area contributed by atoms with Crippen LogP contribution in [0.4, 0.5) is 15.6 Å². The molecule has 2 aromatic rings. The number of nitrogens with one attached hydrogen (secondary N) is 1. The van der Waals surface area contributed by atoms with Gasteiger partial charge in [0.1, 0.15) is 16.9 Å². The van der Waals surface area contributed by atoms with Crippen molar-refractivity contribution in [3.63, 3.8) is 0 Å². The molecule has 0 atom stereocenters. The smallest absolute Gasteiger partial charge is 0.413 e. The van der Waals surface area contributed by atoms with Crippen molar-refractivity contribution in [1.82, 2.24) is 4.98 Å². The van der Waals surface area contributed by atoms with Gasteiger partial charge in [0.05, 0.1) is 11.8 Å². The average molecular weight is 295 g/mol. The van der Waals surface area contributed by atoms with E-state index in [1.54, 1.807) is 40.0 Å². The lowest BCUT2D eigenvalue weighted by atomic mass is 10.2. The lowest BCUT2D eigenvalue weighted by Gasteiger charge is -2.18. The van der Waals surface area contributed by atoms with Crippen LogP contribution in [0.3, 0.4) is 0 Å². The molecule has 0 bridgehead atoms. The van der Waals surface area contributed by atoms with Crippen molar-refractivity contribution < 1.29 is 14.3 Å². The number of nitrogens with zero attached hydrogens (tertiary/aromatic N) is 1. The molecule has 3 N–H and O–H groups in total. The van der Waals surface area contributed by atoms with Gasteiger partial charge in [-0.25, -0.2) is 9.78 Å². The Bertz CT molecular complexity index is 646. The van der Waals surface area contributed by atoms with E-state index in [2.05, 4.69) is 10.3 Å². The molecule has 0 saturated carbocycles. The Balaban J connectivity index is 2.26. The molecule has 0 radical (unpaired) electrons. The number of anilines is 2. The molecule has 0 fully saturated rings. The fourth-order valence-electron chi connectivity index (χ4n) is 1.62. The molecule has 0 unspecified atom stereocenters. The third-order valence-electron chi connectivity index (χ3n) is 2.31. The monoisotopic (exact) mass is 295 g/mol. The van der Waals surface area contributed by atoms with Crippen LogP contribution in [0.2, 0.25) is 0 Å². The number of ether oxygens (including phenoxy) is 2. The molecule has 0 aliphatic carbocycles.